The molecule has 0 unspecified atom stereocenters. The molecular weight excluding hydrogens is 368 g/mol. The van der Waals surface area contributed by atoms with Crippen LogP contribution in [0.4, 0.5) is 11.5 Å². The first-order valence-electron chi connectivity index (χ1n) is 7.49. The molecule has 1 aromatic heterocycles. The Balaban J connectivity index is 1.76. The molecule has 0 saturated carbocycles. The van der Waals surface area contributed by atoms with E-state index >= 15 is 0 Å². The predicted octanol–water partition coefficient (Wildman–Crippen LogP) is 2.15. The number of piperazine rings is 1. The predicted molar refractivity (Wildman–Crippen MR) is 93.3 cm³/mol. The van der Waals surface area contributed by atoms with Gasteiger partial charge in [0.1, 0.15) is 0 Å². The molecule has 0 atom stereocenters. The van der Waals surface area contributed by atoms with Gasteiger partial charge >= 0.3 is 5.69 Å². The lowest BCUT2D eigenvalue weighted by Gasteiger charge is -2.34. The summed E-state index contributed by atoms with van der Waals surface area (Å²) >= 11 is 5.80. The van der Waals surface area contributed by atoms with E-state index in [2.05, 4.69) is 4.98 Å². The van der Waals surface area contributed by atoms with Crippen molar-refractivity contribution >= 4 is 33.1 Å². The summed E-state index contributed by atoms with van der Waals surface area (Å²) in [4.78, 5) is 16.6. The Kier molecular flexibility index (Phi) is 4.89. The average Bonchev–Trinajstić information content (AvgIpc) is 2.62. The van der Waals surface area contributed by atoms with Crippen LogP contribution in [0, 0.1) is 10.1 Å². The molecule has 8 nitrogen and oxygen atoms in total. The molecule has 0 radical (unpaired) electrons. The van der Waals surface area contributed by atoms with E-state index in [-0.39, 0.29) is 29.5 Å². The maximum atomic E-state index is 12.7. The van der Waals surface area contributed by atoms with E-state index < -0.39 is 14.9 Å². The summed E-state index contributed by atoms with van der Waals surface area (Å²) in [6.45, 7) is 1.09. The van der Waals surface area contributed by atoms with Crippen LogP contribution in [0.15, 0.2) is 47.5 Å². The quantitative estimate of drug-likeness (QED) is 0.593. The van der Waals surface area contributed by atoms with Gasteiger partial charge in [0.15, 0.2) is 0 Å². The zero-order valence-corrected chi connectivity index (χ0v) is 14.7. The zero-order chi connectivity index (χ0) is 18.0. The summed E-state index contributed by atoms with van der Waals surface area (Å²) in [6.07, 6.45) is 1.49. The highest BCUT2D eigenvalue weighted by Crippen LogP contribution is 2.27. The van der Waals surface area contributed by atoms with Crippen LogP contribution in [-0.4, -0.2) is 48.8 Å². The topological polar surface area (TPSA) is 96.7 Å². The third-order valence-electron chi connectivity index (χ3n) is 3.95. The number of nitro groups is 1. The molecule has 2 aromatic rings. The summed E-state index contributed by atoms with van der Waals surface area (Å²) in [6, 6.07) is 8.88. The fourth-order valence-corrected chi connectivity index (χ4v) is 4.22. The van der Waals surface area contributed by atoms with Gasteiger partial charge < -0.3 is 4.90 Å². The van der Waals surface area contributed by atoms with Crippen molar-refractivity contribution in [3.63, 3.8) is 0 Å². The Labute approximate surface area is 149 Å². The van der Waals surface area contributed by atoms with Gasteiger partial charge in [-0.25, -0.2) is 13.4 Å². The molecular formula is C15H15ClN4O4S. The Bertz CT molecular complexity index is 881. The number of halogens is 1. The van der Waals surface area contributed by atoms with Crippen LogP contribution >= 0.6 is 11.6 Å². The van der Waals surface area contributed by atoms with Crippen LogP contribution in [0.25, 0.3) is 0 Å². The number of benzene rings is 1. The third kappa shape index (κ3) is 3.58. The molecule has 1 aromatic carbocycles. The number of pyridine rings is 1. The second-order valence-corrected chi connectivity index (χ2v) is 7.82. The highest BCUT2D eigenvalue weighted by atomic mass is 35.5. The van der Waals surface area contributed by atoms with E-state index in [1.54, 1.807) is 4.90 Å². The number of hydrogen-bond donors (Lipinski definition) is 0. The fourth-order valence-electron chi connectivity index (χ4n) is 2.67. The van der Waals surface area contributed by atoms with Gasteiger partial charge in [-0.05, 0) is 30.3 Å². The lowest BCUT2D eigenvalue weighted by atomic mass is 10.3. The van der Waals surface area contributed by atoms with Gasteiger partial charge in [0.2, 0.25) is 15.8 Å². The molecule has 3 rings (SSSR count). The Morgan fingerprint density at radius 2 is 1.72 bits per heavy atom. The minimum absolute atomic E-state index is 0.0866. The number of anilines is 1. The van der Waals surface area contributed by atoms with Gasteiger partial charge in [-0.3, -0.25) is 10.1 Å². The van der Waals surface area contributed by atoms with E-state index in [4.69, 9.17) is 11.6 Å². The number of sulfonamides is 1. The van der Waals surface area contributed by atoms with Crippen LogP contribution in [0.2, 0.25) is 5.02 Å². The molecule has 0 amide bonds. The smallest absolute Gasteiger partial charge is 0.311 e. The number of aromatic nitrogens is 1. The molecule has 1 saturated heterocycles. The molecule has 25 heavy (non-hydrogen) atoms. The van der Waals surface area contributed by atoms with Gasteiger partial charge in [-0.1, -0.05) is 11.6 Å². The second kappa shape index (κ2) is 6.95. The first-order chi connectivity index (χ1) is 11.9. The van der Waals surface area contributed by atoms with Crippen molar-refractivity contribution in [2.24, 2.45) is 0 Å². The number of rotatable bonds is 4. The Hall–Kier alpha value is -2.23. The van der Waals surface area contributed by atoms with Crippen LogP contribution in [0.3, 0.4) is 0 Å². The first-order valence-corrected chi connectivity index (χ1v) is 9.31. The van der Waals surface area contributed by atoms with E-state index in [0.29, 0.717) is 18.1 Å². The maximum absolute atomic E-state index is 12.7. The molecule has 1 aliphatic heterocycles. The molecule has 2 heterocycles. The Morgan fingerprint density at radius 1 is 1.08 bits per heavy atom. The zero-order valence-electron chi connectivity index (χ0n) is 13.1. The number of hydrogen-bond acceptors (Lipinski definition) is 6. The summed E-state index contributed by atoms with van der Waals surface area (Å²) in [5.41, 5.74) is -0.0866. The molecule has 0 bridgehead atoms. The van der Waals surface area contributed by atoms with Crippen molar-refractivity contribution in [2.45, 2.75) is 4.90 Å². The van der Waals surface area contributed by atoms with Gasteiger partial charge in [-0.15, -0.1) is 0 Å². The van der Waals surface area contributed by atoms with Crippen molar-refractivity contribution in [3.05, 3.63) is 57.7 Å². The van der Waals surface area contributed by atoms with Gasteiger partial charge in [0.05, 0.1) is 9.82 Å². The normalized spacial score (nSPS) is 16.0. The van der Waals surface area contributed by atoms with E-state index in [0.717, 1.165) is 0 Å². The van der Waals surface area contributed by atoms with Gasteiger partial charge in [0, 0.05) is 43.5 Å². The SMILES string of the molecule is O=[N+]([O-])c1cccnc1N1CCN(S(=O)(=O)c2ccc(Cl)cc2)CC1. The van der Waals surface area contributed by atoms with Gasteiger partial charge in [0.25, 0.3) is 0 Å². The number of nitrogens with zero attached hydrogens (tertiary/aromatic N) is 4. The van der Waals surface area contributed by atoms with E-state index in [9.17, 15) is 18.5 Å². The third-order valence-corrected chi connectivity index (χ3v) is 6.12. The van der Waals surface area contributed by atoms with Crippen LogP contribution in [0.1, 0.15) is 0 Å². The van der Waals surface area contributed by atoms with Crippen molar-refractivity contribution in [2.75, 3.05) is 31.1 Å². The molecule has 1 fully saturated rings. The Morgan fingerprint density at radius 3 is 2.32 bits per heavy atom. The van der Waals surface area contributed by atoms with Gasteiger partial charge in [-0.2, -0.15) is 4.31 Å². The maximum Gasteiger partial charge on any atom is 0.311 e. The summed E-state index contributed by atoms with van der Waals surface area (Å²) < 4.78 is 26.7. The highest BCUT2D eigenvalue weighted by Gasteiger charge is 2.31. The molecule has 0 N–H and O–H groups in total. The summed E-state index contributed by atoms with van der Waals surface area (Å²) in [5.74, 6) is 0.260. The van der Waals surface area contributed by atoms with Crippen molar-refractivity contribution in [1.82, 2.24) is 9.29 Å². The first kappa shape index (κ1) is 17.6. The molecule has 1 aliphatic rings. The standard InChI is InChI=1S/C15H15ClN4O4S/c16-12-3-5-13(6-4-12)25(23,24)19-10-8-18(9-11-19)15-14(20(21)22)2-1-7-17-15/h1-7H,8-11H2. The molecule has 0 spiro atoms. The largest absolute Gasteiger partial charge is 0.348 e. The van der Waals surface area contributed by atoms with Crippen molar-refractivity contribution in [3.8, 4) is 0 Å². The van der Waals surface area contributed by atoms with E-state index in [1.165, 1.54) is 46.9 Å². The lowest BCUT2D eigenvalue weighted by Crippen LogP contribution is -2.49. The molecule has 0 aliphatic carbocycles. The lowest BCUT2D eigenvalue weighted by molar-refractivity contribution is -0.384. The fraction of sp³-hybridized carbons (Fsp3) is 0.267. The second-order valence-electron chi connectivity index (χ2n) is 5.45. The van der Waals surface area contributed by atoms with Crippen molar-refractivity contribution < 1.29 is 13.3 Å². The average molecular weight is 383 g/mol. The summed E-state index contributed by atoms with van der Waals surface area (Å²) in [7, 11) is -3.62. The summed E-state index contributed by atoms with van der Waals surface area (Å²) in [5, 5.41) is 11.6. The van der Waals surface area contributed by atoms with Crippen LogP contribution in [0.5, 0.6) is 0 Å². The molecule has 132 valence electrons. The van der Waals surface area contributed by atoms with Crippen molar-refractivity contribution in [1.29, 1.82) is 0 Å². The minimum Gasteiger partial charge on any atom is -0.348 e. The monoisotopic (exact) mass is 382 g/mol. The van der Waals surface area contributed by atoms with E-state index in [1.807, 2.05) is 0 Å². The van der Waals surface area contributed by atoms with Crippen LogP contribution < -0.4 is 4.90 Å². The molecule has 10 heteroatoms. The van der Waals surface area contributed by atoms with Crippen LogP contribution in [-0.2, 0) is 10.0 Å². The minimum atomic E-state index is -3.62. The highest BCUT2D eigenvalue weighted by molar-refractivity contribution is 7.89.